The zero-order chi connectivity index (χ0) is 39.7. The predicted octanol–water partition coefficient (Wildman–Crippen LogP) is 7.82. The van der Waals surface area contributed by atoms with Gasteiger partial charge in [-0.3, -0.25) is 9.59 Å². The molecule has 56 heavy (non-hydrogen) atoms. The summed E-state index contributed by atoms with van der Waals surface area (Å²) in [5, 5.41) is 4.70. The molecule has 1 saturated heterocycles. The molecule has 0 saturated carbocycles. The molecule has 3 aromatic carbocycles. The summed E-state index contributed by atoms with van der Waals surface area (Å²) < 4.78 is 16.6. The molecule has 0 aliphatic carbocycles. The maximum atomic E-state index is 13.7. The Kier molecular flexibility index (Phi) is 11.3. The molecule has 4 heterocycles. The number of aromatic nitrogens is 4. The minimum atomic E-state index is -0.761. The van der Waals surface area contributed by atoms with Gasteiger partial charge in [-0.25, -0.2) is 14.8 Å². The van der Waals surface area contributed by atoms with Crippen LogP contribution in [0.3, 0.4) is 0 Å². The number of imidazole rings is 2. The standard InChI is InChI=1S/C43H53N7O6/c1-8-11-38(51)49-21-26(22-54-6)16-36(49)41-46-34-15-13-27-18-33-31-14-12-28(17-29(31)23-56-37(33)19-32(27)39(34)48-41)35-20-44-40(47-35)25(5)50(30(9-2)10-3)42(52)24(4)45-43(53)55-7/h12-15,17-20,24-26,30,36H,8-11,16,21-23H2,1-7H3,(H,44,47)(H,45,53)(H,46,48)/t24-,25-,26-,36-/m0/s1. The van der Waals surface area contributed by atoms with Crippen LogP contribution in [0.15, 0.2) is 48.7 Å². The van der Waals surface area contributed by atoms with Gasteiger partial charge in [0.1, 0.15) is 30.0 Å². The van der Waals surface area contributed by atoms with Gasteiger partial charge in [0.05, 0.1) is 48.7 Å². The number of aromatic amines is 2. The fraction of sp³-hybridized carbons (Fsp3) is 0.465. The van der Waals surface area contributed by atoms with Crippen LogP contribution in [-0.2, 0) is 25.7 Å². The molecule has 2 aliphatic heterocycles. The minimum Gasteiger partial charge on any atom is -0.488 e. The Hall–Kier alpha value is -5.43. The molecule has 5 aromatic rings. The van der Waals surface area contributed by atoms with Crippen molar-refractivity contribution in [1.82, 2.24) is 35.1 Å². The topological polar surface area (TPSA) is 155 Å². The number of hydrogen-bond acceptors (Lipinski definition) is 8. The van der Waals surface area contributed by atoms with Crippen molar-refractivity contribution in [2.75, 3.05) is 27.4 Å². The highest BCUT2D eigenvalue weighted by molar-refractivity contribution is 6.07. The molecule has 2 aliphatic rings. The van der Waals surface area contributed by atoms with Crippen LogP contribution < -0.4 is 10.1 Å². The second kappa shape index (κ2) is 16.4. The third-order valence-electron chi connectivity index (χ3n) is 11.5. The van der Waals surface area contributed by atoms with Crippen molar-refractivity contribution in [2.45, 2.75) is 97.5 Å². The van der Waals surface area contributed by atoms with Gasteiger partial charge >= 0.3 is 6.09 Å². The van der Waals surface area contributed by atoms with Crippen molar-refractivity contribution in [3.63, 3.8) is 0 Å². The molecule has 2 aromatic heterocycles. The number of carbonyl (C=O) groups excluding carboxylic acids is 3. The summed E-state index contributed by atoms with van der Waals surface area (Å²) in [6, 6.07) is 13.5. The number of fused-ring (bicyclic) bond motifs is 6. The van der Waals surface area contributed by atoms with Crippen LogP contribution in [0.1, 0.15) is 96.0 Å². The van der Waals surface area contributed by atoms with Crippen molar-refractivity contribution in [1.29, 1.82) is 0 Å². The van der Waals surface area contributed by atoms with Crippen LogP contribution >= 0.6 is 0 Å². The van der Waals surface area contributed by atoms with E-state index in [4.69, 9.17) is 24.2 Å². The third-order valence-corrected chi connectivity index (χ3v) is 11.5. The fourth-order valence-corrected chi connectivity index (χ4v) is 8.53. The van der Waals surface area contributed by atoms with Crippen molar-refractivity contribution >= 4 is 39.7 Å². The number of nitrogens with zero attached hydrogens (tertiary/aromatic N) is 4. The summed E-state index contributed by atoms with van der Waals surface area (Å²) in [7, 11) is 2.99. The number of hydrogen-bond donors (Lipinski definition) is 3. The first-order valence-corrected chi connectivity index (χ1v) is 19.8. The van der Waals surface area contributed by atoms with Gasteiger partial charge < -0.3 is 39.3 Å². The smallest absolute Gasteiger partial charge is 0.407 e. The molecule has 13 nitrogen and oxygen atoms in total. The fourth-order valence-electron chi connectivity index (χ4n) is 8.53. The van der Waals surface area contributed by atoms with Crippen LogP contribution in [-0.4, -0.2) is 87.1 Å². The number of benzene rings is 3. The van der Waals surface area contributed by atoms with Gasteiger partial charge in [-0.2, -0.15) is 0 Å². The lowest BCUT2D eigenvalue weighted by Gasteiger charge is -2.36. The number of methoxy groups -OCH3 is 2. The van der Waals surface area contributed by atoms with Crippen LogP contribution in [0.25, 0.3) is 44.2 Å². The van der Waals surface area contributed by atoms with Crippen LogP contribution in [0.5, 0.6) is 5.75 Å². The normalized spacial score (nSPS) is 17.4. The van der Waals surface area contributed by atoms with Crippen molar-refractivity contribution < 1.29 is 28.6 Å². The number of H-pyrrole nitrogens is 2. The van der Waals surface area contributed by atoms with E-state index in [9.17, 15) is 14.4 Å². The highest BCUT2D eigenvalue weighted by atomic mass is 16.5. The number of nitrogens with one attached hydrogen (secondary N) is 3. The molecule has 0 bridgehead atoms. The molecule has 3 N–H and O–H groups in total. The summed E-state index contributed by atoms with van der Waals surface area (Å²) in [6.45, 7) is 11.5. The molecule has 4 atom stereocenters. The van der Waals surface area contributed by atoms with Crippen LogP contribution in [0, 0.1) is 5.92 Å². The van der Waals surface area contributed by atoms with E-state index in [1.807, 2.05) is 29.7 Å². The van der Waals surface area contributed by atoms with Crippen molar-refractivity contribution in [3.05, 3.63) is 65.9 Å². The maximum absolute atomic E-state index is 13.7. The zero-order valence-electron chi connectivity index (χ0n) is 33.4. The first-order chi connectivity index (χ1) is 27.1. The maximum Gasteiger partial charge on any atom is 0.407 e. The number of alkyl carbamates (subject to hydrolysis) is 1. The van der Waals surface area contributed by atoms with E-state index in [0.717, 1.165) is 87.0 Å². The van der Waals surface area contributed by atoms with Gasteiger partial charge in [-0.05, 0) is 85.9 Å². The lowest BCUT2D eigenvalue weighted by Crippen LogP contribution is -2.51. The summed E-state index contributed by atoms with van der Waals surface area (Å²) in [5.41, 5.74) is 6.77. The quantitative estimate of drug-likeness (QED) is 0.110. The highest BCUT2D eigenvalue weighted by Crippen LogP contribution is 2.43. The molecule has 0 radical (unpaired) electrons. The zero-order valence-corrected chi connectivity index (χ0v) is 33.4. The molecule has 3 amide bonds. The molecular weight excluding hydrogens is 711 g/mol. The second-order valence-corrected chi connectivity index (χ2v) is 15.1. The SMILES string of the molecule is CCCC(=O)N1C[C@@H](COC)C[C@H]1c1nc2ccc3cc4c(cc3c2[nH]1)OCc1cc(-c2cnc([C@H](C)N(C(=O)[C@H](C)NC(=O)OC)C(CC)CC)[nH]2)ccc1-4. The van der Waals surface area contributed by atoms with E-state index < -0.39 is 12.1 Å². The third kappa shape index (κ3) is 7.32. The average Bonchev–Trinajstić information content (AvgIpc) is 3.98. The average molecular weight is 764 g/mol. The van der Waals surface area contributed by atoms with E-state index in [0.29, 0.717) is 32.0 Å². The van der Waals surface area contributed by atoms with Gasteiger partial charge in [0.25, 0.3) is 0 Å². The Labute approximate surface area is 327 Å². The lowest BCUT2D eigenvalue weighted by atomic mass is 9.92. The number of amides is 3. The van der Waals surface area contributed by atoms with Gasteiger partial charge in [0, 0.05) is 43.0 Å². The number of carbonyl (C=O) groups is 3. The van der Waals surface area contributed by atoms with Gasteiger partial charge in [-0.1, -0.05) is 39.0 Å². The van der Waals surface area contributed by atoms with Crippen LogP contribution in [0.2, 0.25) is 0 Å². The van der Waals surface area contributed by atoms with Crippen molar-refractivity contribution in [2.24, 2.45) is 5.92 Å². The Morgan fingerprint density at radius 3 is 2.57 bits per heavy atom. The van der Waals surface area contributed by atoms with Crippen LogP contribution in [0.4, 0.5) is 4.79 Å². The number of ether oxygens (including phenoxy) is 3. The van der Waals surface area contributed by atoms with E-state index in [2.05, 4.69) is 65.5 Å². The summed E-state index contributed by atoms with van der Waals surface area (Å²) in [5.74, 6) is 2.50. The summed E-state index contributed by atoms with van der Waals surface area (Å²) in [4.78, 5) is 59.3. The molecular formula is C43H53N7O6. The Morgan fingerprint density at radius 1 is 1.04 bits per heavy atom. The number of rotatable bonds is 13. The van der Waals surface area contributed by atoms with Gasteiger partial charge in [0.15, 0.2) is 0 Å². The molecule has 296 valence electrons. The highest BCUT2D eigenvalue weighted by Gasteiger charge is 2.38. The summed E-state index contributed by atoms with van der Waals surface area (Å²) in [6.07, 6.45) is 4.81. The molecule has 7 rings (SSSR count). The molecule has 1 fully saturated rings. The van der Waals surface area contributed by atoms with E-state index >= 15 is 0 Å². The first-order valence-electron chi connectivity index (χ1n) is 19.8. The van der Waals surface area contributed by atoms with Crippen molar-refractivity contribution in [3.8, 4) is 28.1 Å². The number of likely N-dealkylation sites (tertiary alicyclic amines) is 1. The van der Waals surface area contributed by atoms with E-state index in [1.54, 1.807) is 20.2 Å². The molecule has 0 unspecified atom stereocenters. The Bertz CT molecular complexity index is 2240. The second-order valence-electron chi connectivity index (χ2n) is 15.1. The van der Waals surface area contributed by atoms with Gasteiger partial charge in [0.2, 0.25) is 11.8 Å². The largest absolute Gasteiger partial charge is 0.488 e. The lowest BCUT2D eigenvalue weighted by molar-refractivity contribution is -0.138. The predicted molar refractivity (Wildman–Crippen MR) is 215 cm³/mol. The monoisotopic (exact) mass is 763 g/mol. The molecule has 0 spiro atoms. The Balaban J connectivity index is 1.15. The minimum absolute atomic E-state index is 0.0378. The van der Waals surface area contributed by atoms with E-state index in [1.165, 1.54) is 7.11 Å². The van der Waals surface area contributed by atoms with E-state index in [-0.39, 0.29) is 35.9 Å². The Morgan fingerprint density at radius 2 is 1.84 bits per heavy atom. The first kappa shape index (κ1) is 38.8. The molecule has 13 heteroatoms. The van der Waals surface area contributed by atoms with Gasteiger partial charge in [-0.15, -0.1) is 0 Å². The summed E-state index contributed by atoms with van der Waals surface area (Å²) >= 11 is 0.